The average molecular weight is 389 g/mol. The lowest BCUT2D eigenvalue weighted by Gasteiger charge is -2.19. The number of carboxylic acid groups (broad SMARTS) is 1. The van der Waals surface area contributed by atoms with Crippen LogP contribution in [0.25, 0.3) is 11.2 Å². The number of benzene rings is 1. The summed E-state index contributed by atoms with van der Waals surface area (Å²) in [6.07, 6.45) is 1.02. The molecule has 3 rings (SSSR count). The summed E-state index contributed by atoms with van der Waals surface area (Å²) in [6, 6.07) is 8.09. The summed E-state index contributed by atoms with van der Waals surface area (Å²) >= 11 is 0. The molecule has 1 amide bonds. The van der Waals surface area contributed by atoms with Crippen molar-refractivity contribution < 1.29 is 18.3 Å². The lowest BCUT2D eigenvalue weighted by Crippen LogP contribution is -2.36. The van der Waals surface area contributed by atoms with Crippen LogP contribution in [0.5, 0.6) is 0 Å². The van der Waals surface area contributed by atoms with Gasteiger partial charge in [-0.25, -0.2) is 33.0 Å². The molecule has 0 unspecified atom stereocenters. The van der Waals surface area contributed by atoms with Gasteiger partial charge in [-0.15, -0.1) is 0 Å². The fourth-order valence-corrected chi connectivity index (χ4v) is 3.82. The van der Waals surface area contributed by atoms with Crippen LogP contribution in [-0.4, -0.2) is 33.6 Å². The van der Waals surface area contributed by atoms with E-state index in [0.717, 1.165) is 15.7 Å². The molecule has 3 aromatic rings. The van der Waals surface area contributed by atoms with E-state index in [4.69, 9.17) is 10.9 Å². The smallest absolute Gasteiger partial charge is 0.427 e. The van der Waals surface area contributed by atoms with Gasteiger partial charge in [-0.05, 0) is 29.2 Å². The Morgan fingerprint density at radius 1 is 1.19 bits per heavy atom. The number of nitrogens with two attached hydrogens (primary N) is 1. The van der Waals surface area contributed by atoms with Crippen molar-refractivity contribution in [2.24, 2.45) is 5.84 Å². The molecule has 2 heterocycles. The molecule has 0 fully saturated rings. The van der Waals surface area contributed by atoms with Crippen molar-refractivity contribution in [1.82, 2.24) is 13.9 Å². The number of anilines is 1. The Balaban J connectivity index is 2.05. The summed E-state index contributed by atoms with van der Waals surface area (Å²) in [4.78, 5) is 19.1. The largest absolute Gasteiger partial charge is 0.464 e. The molecule has 0 atom stereocenters. The van der Waals surface area contributed by atoms with E-state index in [-0.39, 0.29) is 27.3 Å². The van der Waals surface area contributed by atoms with Crippen LogP contribution in [0, 0.1) is 0 Å². The Labute approximate surface area is 156 Å². The third-order valence-corrected chi connectivity index (χ3v) is 5.75. The highest BCUT2D eigenvalue weighted by molar-refractivity contribution is 7.90. The normalized spacial score (nSPS) is 12.3. The van der Waals surface area contributed by atoms with Crippen molar-refractivity contribution in [3.8, 4) is 0 Å². The predicted octanol–water partition coefficient (Wildman–Crippen LogP) is 2.32. The third kappa shape index (κ3) is 3.36. The maximum Gasteiger partial charge on any atom is 0.427 e. The van der Waals surface area contributed by atoms with Crippen LogP contribution in [0.3, 0.4) is 0 Å². The molecule has 0 aliphatic heterocycles. The Hall–Kier alpha value is -2.98. The zero-order valence-corrected chi connectivity index (χ0v) is 15.8. The van der Waals surface area contributed by atoms with Crippen molar-refractivity contribution in [2.75, 3.05) is 5.01 Å². The summed E-state index contributed by atoms with van der Waals surface area (Å²) < 4.78 is 26.9. The van der Waals surface area contributed by atoms with E-state index < -0.39 is 16.1 Å². The molecule has 10 heteroatoms. The zero-order valence-electron chi connectivity index (χ0n) is 15.0. The molecule has 0 aliphatic rings. The lowest BCUT2D eigenvalue weighted by molar-refractivity contribution is 0.201. The maximum absolute atomic E-state index is 13.0. The number of hydrogen-bond donors (Lipinski definition) is 2. The van der Waals surface area contributed by atoms with Crippen LogP contribution in [-0.2, 0) is 15.4 Å². The second-order valence-electron chi connectivity index (χ2n) is 6.98. The van der Waals surface area contributed by atoms with Crippen LogP contribution in [0.1, 0.15) is 26.3 Å². The zero-order chi connectivity index (χ0) is 20.0. The van der Waals surface area contributed by atoms with Gasteiger partial charge in [0.2, 0.25) is 0 Å². The number of amides is 1. The van der Waals surface area contributed by atoms with Crippen LogP contribution >= 0.6 is 0 Å². The van der Waals surface area contributed by atoms with E-state index in [2.05, 4.69) is 9.97 Å². The molecule has 0 radical (unpaired) electrons. The molecule has 3 N–H and O–H groups in total. The van der Waals surface area contributed by atoms with Crippen molar-refractivity contribution in [1.29, 1.82) is 0 Å². The molecule has 0 saturated heterocycles. The van der Waals surface area contributed by atoms with Crippen LogP contribution in [0.4, 0.5) is 10.6 Å². The minimum atomic E-state index is -3.88. The minimum Gasteiger partial charge on any atom is -0.464 e. The van der Waals surface area contributed by atoms with Gasteiger partial charge < -0.3 is 5.11 Å². The molecule has 2 aromatic heterocycles. The SMILES string of the molecule is CC(C)(C)c1ccc(S(=O)(=O)n2ccc3nc(N(N)C(=O)O)cnc32)cc1. The first kappa shape index (κ1) is 18.8. The van der Waals surface area contributed by atoms with Gasteiger partial charge in [0, 0.05) is 6.20 Å². The van der Waals surface area contributed by atoms with Crippen molar-refractivity contribution >= 4 is 33.1 Å². The Kier molecular flexibility index (Phi) is 4.40. The quantitative estimate of drug-likeness (QED) is 0.399. The molecule has 0 saturated carbocycles. The van der Waals surface area contributed by atoms with Crippen LogP contribution in [0.15, 0.2) is 47.6 Å². The monoisotopic (exact) mass is 389 g/mol. The Morgan fingerprint density at radius 2 is 1.81 bits per heavy atom. The van der Waals surface area contributed by atoms with Gasteiger partial charge in [0.25, 0.3) is 10.0 Å². The van der Waals surface area contributed by atoms with Crippen LogP contribution in [0.2, 0.25) is 0 Å². The number of hydrogen-bond acceptors (Lipinski definition) is 6. The standard InChI is InChI=1S/C17H19N5O4S/c1-17(2,3)11-4-6-12(7-5-11)27(25,26)21-9-8-13-15(21)19-10-14(20-13)22(18)16(23)24/h4-10H,18H2,1-3H3,(H,23,24). The van der Waals surface area contributed by atoms with E-state index in [1.54, 1.807) is 24.3 Å². The maximum atomic E-state index is 13.0. The Bertz CT molecular complexity index is 1110. The predicted molar refractivity (Wildman–Crippen MR) is 99.9 cm³/mol. The van der Waals surface area contributed by atoms with Crippen molar-refractivity contribution in [2.45, 2.75) is 31.1 Å². The number of carbonyl (C=O) groups is 1. The first-order valence-electron chi connectivity index (χ1n) is 8.00. The highest BCUT2D eigenvalue weighted by atomic mass is 32.2. The third-order valence-electron chi connectivity index (χ3n) is 4.07. The van der Waals surface area contributed by atoms with Crippen molar-refractivity contribution in [3.05, 3.63) is 48.3 Å². The minimum absolute atomic E-state index is 0.0810. The molecule has 0 aliphatic carbocycles. The molecule has 0 bridgehead atoms. The van der Waals surface area contributed by atoms with Gasteiger partial charge >= 0.3 is 6.09 Å². The molecular weight excluding hydrogens is 370 g/mol. The summed E-state index contributed by atoms with van der Waals surface area (Å²) in [5, 5.41) is 9.31. The van der Waals surface area contributed by atoms with Gasteiger partial charge in [-0.3, -0.25) is 0 Å². The molecule has 9 nitrogen and oxygen atoms in total. The molecule has 1 aromatic carbocycles. The van der Waals surface area contributed by atoms with E-state index in [0.29, 0.717) is 5.01 Å². The highest BCUT2D eigenvalue weighted by Gasteiger charge is 2.22. The molecule has 0 spiro atoms. The summed E-state index contributed by atoms with van der Waals surface area (Å²) in [7, 11) is -3.88. The molecule has 142 valence electrons. The van der Waals surface area contributed by atoms with Gasteiger partial charge in [-0.2, -0.15) is 5.01 Å². The molecule has 27 heavy (non-hydrogen) atoms. The van der Waals surface area contributed by atoms with E-state index in [1.165, 1.54) is 12.3 Å². The average Bonchev–Trinajstić information content (AvgIpc) is 3.04. The first-order valence-corrected chi connectivity index (χ1v) is 9.44. The summed E-state index contributed by atoms with van der Waals surface area (Å²) in [5.74, 6) is 5.26. The summed E-state index contributed by atoms with van der Waals surface area (Å²) in [6.45, 7) is 6.13. The van der Waals surface area contributed by atoms with Gasteiger partial charge in [-0.1, -0.05) is 32.9 Å². The number of aromatic nitrogens is 3. The van der Waals surface area contributed by atoms with Crippen LogP contribution < -0.4 is 10.9 Å². The summed E-state index contributed by atoms with van der Waals surface area (Å²) in [5.41, 5.74) is 1.21. The number of nitrogens with zero attached hydrogens (tertiary/aromatic N) is 4. The van der Waals surface area contributed by atoms with Gasteiger partial charge in [0.15, 0.2) is 11.5 Å². The number of hydrazine groups is 1. The fraction of sp³-hybridized carbons (Fsp3) is 0.235. The fourth-order valence-electron chi connectivity index (χ4n) is 2.53. The number of rotatable bonds is 3. The van der Waals surface area contributed by atoms with E-state index in [9.17, 15) is 13.2 Å². The van der Waals surface area contributed by atoms with E-state index in [1.807, 2.05) is 20.8 Å². The van der Waals surface area contributed by atoms with Gasteiger partial charge in [0.05, 0.1) is 11.1 Å². The second kappa shape index (κ2) is 6.32. The Morgan fingerprint density at radius 3 is 2.37 bits per heavy atom. The number of fused-ring (bicyclic) bond motifs is 1. The van der Waals surface area contributed by atoms with E-state index >= 15 is 0 Å². The second-order valence-corrected chi connectivity index (χ2v) is 8.80. The first-order chi connectivity index (χ1) is 12.5. The van der Waals surface area contributed by atoms with Gasteiger partial charge in [0.1, 0.15) is 5.52 Å². The molecular formula is C17H19N5O4S. The lowest BCUT2D eigenvalue weighted by atomic mass is 9.87. The topological polar surface area (TPSA) is 131 Å². The highest BCUT2D eigenvalue weighted by Crippen LogP contribution is 2.25. The van der Waals surface area contributed by atoms with Crippen molar-refractivity contribution in [3.63, 3.8) is 0 Å².